The smallest absolute Gasteiger partial charge is 0.234 e. The van der Waals surface area contributed by atoms with Gasteiger partial charge in [-0.1, -0.05) is 6.42 Å². The first-order valence-corrected chi connectivity index (χ1v) is 12.6. The van der Waals surface area contributed by atoms with Crippen LogP contribution in [0.1, 0.15) is 57.8 Å². The van der Waals surface area contributed by atoms with E-state index in [0.717, 1.165) is 37.6 Å². The van der Waals surface area contributed by atoms with Crippen molar-refractivity contribution in [2.24, 2.45) is 23.7 Å². The van der Waals surface area contributed by atoms with Crippen LogP contribution in [-0.4, -0.2) is 56.4 Å². The third-order valence-electron chi connectivity index (χ3n) is 7.47. The number of carbonyl (C=O) groups excluding carboxylic acids is 1. The average Bonchev–Trinajstić information content (AvgIpc) is 2.56. The minimum absolute atomic E-state index is 0.161. The summed E-state index contributed by atoms with van der Waals surface area (Å²) >= 11 is 0. The van der Waals surface area contributed by atoms with Crippen molar-refractivity contribution < 1.29 is 13.2 Å². The fourth-order valence-electron chi connectivity index (χ4n) is 6.52. The molecule has 0 radical (unpaired) electrons. The largest absolute Gasteiger partial charge is 0.352 e. The summed E-state index contributed by atoms with van der Waals surface area (Å²) in [7, 11) is -2.94. The lowest BCUT2D eigenvalue weighted by Gasteiger charge is -2.54. The van der Waals surface area contributed by atoms with Crippen molar-refractivity contribution in [1.82, 2.24) is 10.2 Å². The van der Waals surface area contributed by atoms with Crippen LogP contribution in [0.2, 0.25) is 0 Å². The molecule has 1 N–H and O–H groups in total. The molecule has 1 heterocycles. The highest BCUT2D eigenvalue weighted by Crippen LogP contribution is 2.53. The van der Waals surface area contributed by atoms with Crippen LogP contribution in [0, 0.1) is 23.7 Å². The van der Waals surface area contributed by atoms with Gasteiger partial charge in [0.25, 0.3) is 0 Å². The third kappa shape index (κ3) is 4.27. The molecule has 1 amide bonds. The predicted octanol–water partition coefficient (Wildman–Crippen LogP) is 2.22. The topological polar surface area (TPSA) is 66.5 Å². The van der Waals surface area contributed by atoms with E-state index in [4.69, 9.17) is 0 Å². The molecule has 5 fully saturated rings. The number of sulfone groups is 1. The molecular weight excluding hydrogens is 348 g/mol. The van der Waals surface area contributed by atoms with Gasteiger partial charge in [-0.3, -0.25) is 9.69 Å². The van der Waals surface area contributed by atoms with Crippen molar-refractivity contribution in [2.45, 2.75) is 69.9 Å². The van der Waals surface area contributed by atoms with Gasteiger partial charge in [0.2, 0.25) is 5.91 Å². The van der Waals surface area contributed by atoms with Crippen LogP contribution in [-0.2, 0) is 14.6 Å². The molecule has 5 aliphatic rings. The maximum absolute atomic E-state index is 12.8. The monoisotopic (exact) mass is 382 g/mol. The van der Waals surface area contributed by atoms with Gasteiger partial charge in [-0.25, -0.2) is 8.42 Å². The maximum Gasteiger partial charge on any atom is 0.234 e. The molecule has 4 bridgehead atoms. The molecule has 6 heteroatoms. The minimum Gasteiger partial charge on any atom is -0.352 e. The molecule has 1 unspecified atom stereocenters. The molecule has 4 saturated carbocycles. The predicted molar refractivity (Wildman–Crippen MR) is 103 cm³/mol. The molecule has 0 aromatic rings. The number of likely N-dealkylation sites (tertiary alicyclic amines) is 1. The number of hydrogen-bond acceptors (Lipinski definition) is 4. The van der Waals surface area contributed by atoms with Crippen LogP contribution in [0.15, 0.2) is 0 Å². The van der Waals surface area contributed by atoms with Gasteiger partial charge in [-0.2, -0.15) is 0 Å². The Morgan fingerprint density at radius 3 is 2.31 bits per heavy atom. The zero-order valence-corrected chi connectivity index (χ0v) is 16.8. The van der Waals surface area contributed by atoms with E-state index >= 15 is 0 Å². The number of rotatable bonds is 6. The highest BCUT2D eigenvalue weighted by Gasteiger charge is 2.48. The highest BCUT2D eigenvalue weighted by atomic mass is 32.2. The number of amides is 1. The quantitative estimate of drug-likeness (QED) is 0.765. The molecule has 0 aromatic heterocycles. The Kier molecular flexibility index (Phi) is 5.35. The molecule has 5 rings (SSSR count). The first-order chi connectivity index (χ1) is 12.4. The van der Waals surface area contributed by atoms with E-state index in [1.807, 2.05) is 0 Å². The Hall–Kier alpha value is -0.620. The first kappa shape index (κ1) is 18.7. The fourth-order valence-corrected chi connectivity index (χ4v) is 7.22. The fraction of sp³-hybridized carbons (Fsp3) is 0.950. The van der Waals surface area contributed by atoms with Crippen molar-refractivity contribution in [3.8, 4) is 0 Å². The maximum atomic E-state index is 12.8. The van der Waals surface area contributed by atoms with Gasteiger partial charge < -0.3 is 5.32 Å². The van der Waals surface area contributed by atoms with Gasteiger partial charge in [0.05, 0.1) is 12.3 Å². The lowest BCUT2D eigenvalue weighted by Crippen LogP contribution is -2.57. The summed E-state index contributed by atoms with van der Waals surface area (Å²) in [6.45, 7) is 1.36. The van der Waals surface area contributed by atoms with Gasteiger partial charge in [-0.05, 0) is 81.6 Å². The van der Waals surface area contributed by atoms with Crippen molar-refractivity contribution in [2.75, 3.05) is 25.1 Å². The van der Waals surface area contributed by atoms with Gasteiger partial charge in [0, 0.05) is 18.3 Å². The van der Waals surface area contributed by atoms with Gasteiger partial charge in [0.15, 0.2) is 0 Å². The Bertz CT molecular complexity index is 605. The first-order valence-electron chi connectivity index (χ1n) is 10.6. The van der Waals surface area contributed by atoms with E-state index in [-0.39, 0.29) is 17.7 Å². The number of nitrogens with one attached hydrogen (secondary N) is 1. The van der Waals surface area contributed by atoms with Crippen molar-refractivity contribution in [3.63, 3.8) is 0 Å². The summed E-state index contributed by atoms with van der Waals surface area (Å²) in [4.78, 5) is 15.0. The van der Waals surface area contributed by atoms with Gasteiger partial charge in [-0.15, -0.1) is 0 Å². The summed E-state index contributed by atoms with van der Waals surface area (Å²) in [5, 5.41) is 3.40. The summed E-state index contributed by atoms with van der Waals surface area (Å²) in [6, 6.07) is 0.636. The molecule has 4 aliphatic carbocycles. The van der Waals surface area contributed by atoms with E-state index in [0.29, 0.717) is 30.8 Å². The van der Waals surface area contributed by atoms with Crippen molar-refractivity contribution >= 4 is 15.7 Å². The molecule has 0 aromatic carbocycles. The van der Waals surface area contributed by atoms with Crippen LogP contribution in [0.25, 0.3) is 0 Å². The standard InChI is InChI=1S/C20H34N2O3S/c1-26(24,25)7-5-18-4-2-3-6-22(18)13-19(23)21-20-16-9-14-8-15(11-16)12-17(20)10-14/h14-18,20H,2-13H2,1H3,(H,21,23). The Morgan fingerprint density at radius 2 is 1.69 bits per heavy atom. The molecule has 5 nitrogen and oxygen atoms in total. The highest BCUT2D eigenvalue weighted by molar-refractivity contribution is 7.90. The lowest BCUT2D eigenvalue weighted by molar-refractivity contribution is -0.127. The molecule has 1 saturated heterocycles. The second kappa shape index (κ2) is 7.42. The minimum atomic E-state index is -2.94. The number of nitrogens with zero attached hydrogens (tertiary/aromatic N) is 1. The van der Waals surface area contributed by atoms with Crippen LogP contribution < -0.4 is 5.32 Å². The second-order valence-electron chi connectivity index (χ2n) is 9.56. The van der Waals surface area contributed by atoms with E-state index in [2.05, 4.69) is 10.2 Å². The molecule has 148 valence electrons. The van der Waals surface area contributed by atoms with Gasteiger partial charge >= 0.3 is 0 Å². The summed E-state index contributed by atoms with van der Waals surface area (Å²) in [6.07, 6.45) is 11.9. The Morgan fingerprint density at radius 1 is 1.04 bits per heavy atom. The molecule has 0 spiro atoms. The zero-order chi connectivity index (χ0) is 18.3. The Labute approximate surface area is 158 Å². The zero-order valence-electron chi connectivity index (χ0n) is 16.0. The van der Waals surface area contributed by atoms with Crippen molar-refractivity contribution in [3.05, 3.63) is 0 Å². The molecular formula is C20H34N2O3S. The SMILES string of the molecule is CS(=O)(=O)CCC1CCCCN1CC(=O)NC1C2CC3CC(C2)CC1C3. The second-order valence-corrected chi connectivity index (χ2v) is 11.8. The molecule has 26 heavy (non-hydrogen) atoms. The summed E-state index contributed by atoms with van der Waals surface area (Å²) in [5.74, 6) is 3.65. The number of hydrogen-bond donors (Lipinski definition) is 1. The van der Waals surface area contributed by atoms with Gasteiger partial charge in [0.1, 0.15) is 9.84 Å². The van der Waals surface area contributed by atoms with E-state index in [1.54, 1.807) is 0 Å². The van der Waals surface area contributed by atoms with Crippen LogP contribution in [0.3, 0.4) is 0 Å². The number of carbonyl (C=O) groups is 1. The summed E-state index contributed by atoms with van der Waals surface area (Å²) < 4.78 is 23.0. The van der Waals surface area contributed by atoms with E-state index in [1.165, 1.54) is 38.4 Å². The third-order valence-corrected chi connectivity index (χ3v) is 8.45. The summed E-state index contributed by atoms with van der Waals surface area (Å²) in [5.41, 5.74) is 0. The van der Waals surface area contributed by atoms with Crippen molar-refractivity contribution in [1.29, 1.82) is 0 Å². The number of piperidine rings is 1. The van der Waals surface area contributed by atoms with E-state index in [9.17, 15) is 13.2 Å². The normalized spacial score (nSPS) is 39.9. The lowest BCUT2D eigenvalue weighted by atomic mass is 9.54. The van der Waals surface area contributed by atoms with E-state index < -0.39 is 9.84 Å². The van der Waals surface area contributed by atoms with Crippen LogP contribution >= 0.6 is 0 Å². The molecule has 1 aliphatic heterocycles. The van der Waals surface area contributed by atoms with Crippen LogP contribution in [0.4, 0.5) is 0 Å². The molecule has 1 atom stereocenters. The average molecular weight is 383 g/mol. The Balaban J connectivity index is 1.32. The van der Waals surface area contributed by atoms with Crippen LogP contribution in [0.5, 0.6) is 0 Å².